The van der Waals surface area contributed by atoms with E-state index in [0.717, 1.165) is 24.3 Å². The second-order valence-corrected chi connectivity index (χ2v) is 4.66. The fraction of sp³-hybridized carbons (Fsp3) is 0.438. The number of hydrogen-bond acceptors (Lipinski definition) is 3. The Kier molecular flexibility index (Phi) is 7.43. The molecule has 4 nitrogen and oxygen atoms in total. The summed E-state index contributed by atoms with van der Waals surface area (Å²) in [7, 11) is 4.00. The number of anilines is 1. The zero-order valence-electron chi connectivity index (χ0n) is 12.6. The van der Waals surface area contributed by atoms with Crippen LogP contribution in [0.5, 0.6) is 0 Å². The zero-order chi connectivity index (χ0) is 14.8. The van der Waals surface area contributed by atoms with Crippen molar-refractivity contribution in [3.05, 3.63) is 35.9 Å². The molecular formula is C16H24N2O2. The van der Waals surface area contributed by atoms with Crippen LogP contribution in [0, 0.1) is 0 Å². The highest BCUT2D eigenvalue weighted by atomic mass is 16.5. The molecule has 0 spiro atoms. The minimum absolute atomic E-state index is 0.0711. The van der Waals surface area contributed by atoms with Crippen molar-refractivity contribution in [3.63, 3.8) is 0 Å². The lowest BCUT2D eigenvalue weighted by molar-refractivity contribution is -0.116. The molecule has 0 heterocycles. The summed E-state index contributed by atoms with van der Waals surface area (Å²) in [5, 5.41) is 2.83. The van der Waals surface area contributed by atoms with Crippen LogP contribution < -0.4 is 10.2 Å². The molecule has 1 N–H and O–H groups in total. The Morgan fingerprint density at radius 1 is 1.30 bits per heavy atom. The van der Waals surface area contributed by atoms with E-state index in [1.807, 2.05) is 56.3 Å². The van der Waals surface area contributed by atoms with Gasteiger partial charge in [0.15, 0.2) is 0 Å². The van der Waals surface area contributed by atoms with E-state index in [9.17, 15) is 4.79 Å². The quantitative estimate of drug-likeness (QED) is 0.585. The van der Waals surface area contributed by atoms with Gasteiger partial charge in [-0.1, -0.05) is 12.1 Å². The summed E-state index contributed by atoms with van der Waals surface area (Å²) in [6, 6.07) is 8.04. The zero-order valence-corrected chi connectivity index (χ0v) is 12.6. The van der Waals surface area contributed by atoms with Crippen molar-refractivity contribution >= 4 is 17.7 Å². The fourth-order valence-electron chi connectivity index (χ4n) is 1.64. The average molecular weight is 276 g/mol. The maximum Gasteiger partial charge on any atom is 0.244 e. The number of carbonyl (C=O) groups is 1. The second kappa shape index (κ2) is 9.15. The molecule has 110 valence electrons. The molecule has 0 saturated carbocycles. The Labute approximate surface area is 121 Å². The van der Waals surface area contributed by atoms with Crippen molar-refractivity contribution in [2.45, 2.75) is 13.3 Å². The van der Waals surface area contributed by atoms with Crippen LogP contribution in [0.2, 0.25) is 0 Å². The van der Waals surface area contributed by atoms with Crippen LogP contribution in [0.4, 0.5) is 5.69 Å². The molecule has 20 heavy (non-hydrogen) atoms. The van der Waals surface area contributed by atoms with Crippen LogP contribution in [0.15, 0.2) is 30.3 Å². The van der Waals surface area contributed by atoms with E-state index in [1.165, 1.54) is 0 Å². The van der Waals surface area contributed by atoms with Crippen molar-refractivity contribution in [1.29, 1.82) is 0 Å². The first-order chi connectivity index (χ1) is 9.63. The molecule has 1 amide bonds. The van der Waals surface area contributed by atoms with Gasteiger partial charge in [-0.3, -0.25) is 4.79 Å². The minimum atomic E-state index is -0.0711. The van der Waals surface area contributed by atoms with Gasteiger partial charge in [-0.05, 0) is 37.1 Å². The van der Waals surface area contributed by atoms with Crippen molar-refractivity contribution < 1.29 is 9.53 Å². The topological polar surface area (TPSA) is 41.6 Å². The normalized spacial score (nSPS) is 10.8. The van der Waals surface area contributed by atoms with E-state index in [4.69, 9.17) is 4.74 Å². The SMILES string of the molecule is CCOCCCNC(=O)C=Cc1ccc(N(C)C)cc1. The highest BCUT2D eigenvalue weighted by Crippen LogP contribution is 2.12. The monoisotopic (exact) mass is 276 g/mol. The van der Waals surface area contributed by atoms with E-state index in [-0.39, 0.29) is 5.91 Å². The molecule has 0 unspecified atom stereocenters. The van der Waals surface area contributed by atoms with Crippen molar-refractivity contribution in [3.8, 4) is 0 Å². The molecule has 4 heteroatoms. The standard InChI is InChI=1S/C16H24N2O2/c1-4-20-13-5-12-17-16(19)11-8-14-6-9-15(10-7-14)18(2)3/h6-11H,4-5,12-13H2,1-3H3,(H,17,19). The molecule has 0 radical (unpaired) electrons. The number of rotatable bonds is 8. The fourth-order valence-corrected chi connectivity index (χ4v) is 1.64. The molecule has 0 bridgehead atoms. The van der Waals surface area contributed by atoms with Gasteiger partial charge in [-0.25, -0.2) is 0 Å². The lowest BCUT2D eigenvalue weighted by Crippen LogP contribution is -2.23. The van der Waals surface area contributed by atoms with Gasteiger partial charge in [-0.2, -0.15) is 0 Å². The maximum absolute atomic E-state index is 11.6. The molecular weight excluding hydrogens is 252 g/mol. The number of hydrogen-bond donors (Lipinski definition) is 1. The van der Waals surface area contributed by atoms with Gasteiger partial charge in [-0.15, -0.1) is 0 Å². The van der Waals surface area contributed by atoms with Gasteiger partial charge in [0, 0.05) is 45.6 Å². The summed E-state index contributed by atoms with van der Waals surface area (Å²) in [4.78, 5) is 13.6. The Morgan fingerprint density at radius 3 is 2.60 bits per heavy atom. The van der Waals surface area contributed by atoms with Gasteiger partial charge in [0.2, 0.25) is 5.91 Å². The molecule has 0 aromatic heterocycles. The molecule has 0 saturated heterocycles. The van der Waals surface area contributed by atoms with Crippen LogP contribution in [0.25, 0.3) is 6.08 Å². The Morgan fingerprint density at radius 2 is 2.00 bits per heavy atom. The maximum atomic E-state index is 11.6. The third-order valence-electron chi connectivity index (χ3n) is 2.81. The predicted octanol–water partition coefficient (Wildman–Crippen LogP) is 2.31. The van der Waals surface area contributed by atoms with E-state index in [2.05, 4.69) is 5.32 Å². The first kappa shape index (κ1) is 16.2. The van der Waals surface area contributed by atoms with Crippen LogP contribution in [-0.4, -0.2) is 39.8 Å². The molecule has 1 aromatic carbocycles. The minimum Gasteiger partial charge on any atom is -0.382 e. The van der Waals surface area contributed by atoms with Gasteiger partial charge >= 0.3 is 0 Å². The van der Waals surface area contributed by atoms with Crippen molar-refractivity contribution in [1.82, 2.24) is 5.32 Å². The summed E-state index contributed by atoms with van der Waals surface area (Å²) in [6.07, 6.45) is 4.22. The van der Waals surface area contributed by atoms with Gasteiger partial charge < -0.3 is 15.0 Å². The summed E-state index contributed by atoms with van der Waals surface area (Å²) in [5.41, 5.74) is 2.16. The first-order valence-corrected chi connectivity index (χ1v) is 6.94. The molecule has 1 rings (SSSR count). The second-order valence-electron chi connectivity index (χ2n) is 4.66. The molecule has 0 aliphatic heterocycles. The Bertz CT molecular complexity index is 425. The molecule has 0 atom stereocenters. The molecule has 1 aromatic rings. The third kappa shape index (κ3) is 6.38. The highest BCUT2D eigenvalue weighted by molar-refractivity contribution is 5.91. The van der Waals surface area contributed by atoms with E-state index >= 15 is 0 Å². The smallest absolute Gasteiger partial charge is 0.244 e. The summed E-state index contributed by atoms with van der Waals surface area (Å²) < 4.78 is 5.20. The van der Waals surface area contributed by atoms with Crippen LogP contribution in [0.1, 0.15) is 18.9 Å². The van der Waals surface area contributed by atoms with E-state index in [0.29, 0.717) is 13.2 Å². The number of nitrogens with one attached hydrogen (secondary N) is 1. The largest absolute Gasteiger partial charge is 0.382 e. The number of amides is 1. The number of ether oxygens (including phenoxy) is 1. The van der Waals surface area contributed by atoms with Crippen LogP contribution >= 0.6 is 0 Å². The molecule has 0 aliphatic carbocycles. The summed E-state index contributed by atoms with van der Waals surface area (Å²) >= 11 is 0. The van der Waals surface area contributed by atoms with Gasteiger partial charge in [0.05, 0.1) is 0 Å². The van der Waals surface area contributed by atoms with Crippen LogP contribution in [0.3, 0.4) is 0 Å². The Balaban J connectivity index is 2.33. The summed E-state index contributed by atoms with van der Waals surface area (Å²) in [6.45, 7) is 4.01. The van der Waals surface area contributed by atoms with Crippen molar-refractivity contribution in [2.75, 3.05) is 38.8 Å². The van der Waals surface area contributed by atoms with Gasteiger partial charge in [0.1, 0.15) is 0 Å². The van der Waals surface area contributed by atoms with E-state index < -0.39 is 0 Å². The highest BCUT2D eigenvalue weighted by Gasteiger charge is 1.96. The molecule has 0 aliphatic rings. The third-order valence-corrected chi connectivity index (χ3v) is 2.81. The first-order valence-electron chi connectivity index (χ1n) is 6.94. The Hall–Kier alpha value is -1.81. The summed E-state index contributed by atoms with van der Waals surface area (Å²) in [5.74, 6) is -0.0711. The molecule has 0 fully saturated rings. The lowest BCUT2D eigenvalue weighted by atomic mass is 10.2. The predicted molar refractivity (Wildman–Crippen MR) is 83.9 cm³/mol. The van der Waals surface area contributed by atoms with Gasteiger partial charge in [0.25, 0.3) is 0 Å². The van der Waals surface area contributed by atoms with Crippen LogP contribution in [-0.2, 0) is 9.53 Å². The lowest BCUT2D eigenvalue weighted by Gasteiger charge is -2.11. The van der Waals surface area contributed by atoms with Crippen molar-refractivity contribution in [2.24, 2.45) is 0 Å². The average Bonchev–Trinajstić information content (AvgIpc) is 2.45. The number of nitrogens with zero attached hydrogens (tertiary/aromatic N) is 1. The number of carbonyl (C=O) groups excluding carboxylic acids is 1. The number of benzene rings is 1. The van der Waals surface area contributed by atoms with E-state index in [1.54, 1.807) is 6.08 Å².